The molecule has 0 bridgehead atoms. The minimum absolute atomic E-state index is 0.0112. The van der Waals surface area contributed by atoms with E-state index in [9.17, 15) is 8.78 Å². The fourth-order valence-corrected chi connectivity index (χ4v) is 2.68. The Morgan fingerprint density at radius 3 is 2.65 bits per heavy atom. The molecule has 0 spiro atoms. The second kappa shape index (κ2) is 6.74. The minimum atomic E-state index is -2.49. The molecule has 1 aliphatic rings. The summed E-state index contributed by atoms with van der Waals surface area (Å²) in [4.78, 5) is 8.31. The fraction of sp³-hybridized carbons (Fsp3) is 0.333. The van der Waals surface area contributed by atoms with Crippen LogP contribution in [0, 0.1) is 0 Å². The molecule has 0 saturated carbocycles. The third-order valence-electron chi connectivity index (χ3n) is 3.55. The van der Waals surface area contributed by atoms with Crippen molar-refractivity contribution < 1.29 is 13.5 Å². The number of aromatic nitrogens is 2. The van der Waals surface area contributed by atoms with E-state index in [4.69, 9.17) is 22.1 Å². The summed E-state index contributed by atoms with van der Waals surface area (Å²) in [5.41, 5.74) is 7.47. The standard InChI is InChI=1S/C15H15ClF2N4O/c16-10-2-8(12-6-23-7-13(22-12)14(17)18)1-9(3-10)15-20-4-11(19)5-21-15/h1-5,12-14,22H,6-7,19H2/t12-,13-/m0/s1. The van der Waals surface area contributed by atoms with Crippen molar-refractivity contribution in [2.45, 2.75) is 18.5 Å². The zero-order valence-electron chi connectivity index (χ0n) is 12.0. The van der Waals surface area contributed by atoms with Gasteiger partial charge in [0.25, 0.3) is 6.43 Å². The number of morpholine rings is 1. The first-order chi connectivity index (χ1) is 11.0. The molecule has 1 aliphatic heterocycles. The Labute approximate surface area is 136 Å². The lowest BCUT2D eigenvalue weighted by Gasteiger charge is -2.31. The van der Waals surface area contributed by atoms with Crippen molar-refractivity contribution in [2.75, 3.05) is 18.9 Å². The van der Waals surface area contributed by atoms with Gasteiger partial charge in [0.1, 0.15) is 0 Å². The Morgan fingerprint density at radius 2 is 1.96 bits per heavy atom. The lowest BCUT2D eigenvalue weighted by atomic mass is 10.0. The van der Waals surface area contributed by atoms with Gasteiger partial charge in [-0.2, -0.15) is 0 Å². The van der Waals surface area contributed by atoms with Crippen LogP contribution in [-0.4, -0.2) is 35.6 Å². The summed E-state index contributed by atoms with van der Waals surface area (Å²) in [7, 11) is 0. The molecule has 2 heterocycles. The van der Waals surface area contributed by atoms with Gasteiger partial charge >= 0.3 is 0 Å². The van der Waals surface area contributed by atoms with Crippen LogP contribution in [0.5, 0.6) is 0 Å². The zero-order valence-corrected chi connectivity index (χ0v) is 12.8. The Balaban J connectivity index is 1.89. The molecule has 0 unspecified atom stereocenters. The Hall–Kier alpha value is -1.83. The Morgan fingerprint density at radius 1 is 1.22 bits per heavy atom. The van der Waals surface area contributed by atoms with Crippen molar-refractivity contribution >= 4 is 17.3 Å². The van der Waals surface area contributed by atoms with Crippen molar-refractivity contribution in [1.29, 1.82) is 0 Å². The maximum absolute atomic E-state index is 12.9. The van der Waals surface area contributed by atoms with E-state index in [-0.39, 0.29) is 12.6 Å². The van der Waals surface area contributed by atoms with E-state index in [2.05, 4.69) is 15.3 Å². The van der Waals surface area contributed by atoms with E-state index in [1.54, 1.807) is 12.1 Å². The van der Waals surface area contributed by atoms with Crippen LogP contribution in [0.15, 0.2) is 30.6 Å². The van der Waals surface area contributed by atoms with E-state index < -0.39 is 12.5 Å². The molecular formula is C15H15ClF2N4O. The molecule has 0 radical (unpaired) electrons. The minimum Gasteiger partial charge on any atom is -0.396 e. The molecule has 1 saturated heterocycles. The molecule has 122 valence electrons. The summed E-state index contributed by atoms with van der Waals surface area (Å²) in [6.45, 7) is 0.286. The number of hydrogen-bond donors (Lipinski definition) is 2. The van der Waals surface area contributed by atoms with Crippen LogP contribution < -0.4 is 11.1 Å². The maximum Gasteiger partial charge on any atom is 0.255 e. The van der Waals surface area contributed by atoms with E-state index in [0.717, 1.165) is 5.56 Å². The molecule has 1 aromatic carbocycles. The predicted molar refractivity (Wildman–Crippen MR) is 83.4 cm³/mol. The smallest absolute Gasteiger partial charge is 0.255 e. The van der Waals surface area contributed by atoms with Gasteiger partial charge in [-0.1, -0.05) is 11.6 Å². The molecule has 8 heteroatoms. The zero-order chi connectivity index (χ0) is 16.4. The van der Waals surface area contributed by atoms with Crippen LogP contribution in [0.2, 0.25) is 5.02 Å². The summed E-state index contributed by atoms with van der Waals surface area (Å²) in [6, 6.07) is 3.88. The normalized spacial score (nSPS) is 21.6. The summed E-state index contributed by atoms with van der Waals surface area (Å²) in [5, 5.41) is 3.36. The molecule has 0 amide bonds. The monoisotopic (exact) mass is 340 g/mol. The first kappa shape index (κ1) is 16.0. The van der Waals surface area contributed by atoms with Gasteiger partial charge in [0, 0.05) is 10.6 Å². The maximum atomic E-state index is 12.9. The van der Waals surface area contributed by atoms with Crippen LogP contribution in [0.25, 0.3) is 11.4 Å². The first-order valence-electron chi connectivity index (χ1n) is 7.03. The largest absolute Gasteiger partial charge is 0.396 e. The highest BCUT2D eigenvalue weighted by Crippen LogP contribution is 2.28. The summed E-state index contributed by atoms with van der Waals surface area (Å²) in [6.07, 6.45) is 0.506. The number of ether oxygens (including phenoxy) is 1. The summed E-state index contributed by atoms with van der Waals surface area (Å²) >= 11 is 6.15. The van der Waals surface area contributed by atoms with Crippen LogP contribution >= 0.6 is 11.6 Å². The number of alkyl halides is 2. The molecule has 2 aromatic rings. The highest BCUT2D eigenvalue weighted by Gasteiger charge is 2.29. The highest BCUT2D eigenvalue weighted by molar-refractivity contribution is 6.30. The van der Waals surface area contributed by atoms with E-state index in [1.807, 2.05) is 6.07 Å². The van der Waals surface area contributed by atoms with Gasteiger partial charge in [0.05, 0.1) is 43.4 Å². The van der Waals surface area contributed by atoms with Crippen LogP contribution in [-0.2, 0) is 4.74 Å². The predicted octanol–water partition coefficient (Wildman–Crippen LogP) is 2.67. The second-order valence-electron chi connectivity index (χ2n) is 5.31. The molecule has 0 aliphatic carbocycles. The average Bonchev–Trinajstić information content (AvgIpc) is 2.55. The number of benzene rings is 1. The average molecular weight is 341 g/mol. The number of nitrogen functional groups attached to an aromatic ring is 1. The van der Waals surface area contributed by atoms with Crippen molar-refractivity contribution in [3.8, 4) is 11.4 Å². The van der Waals surface area contributed by atoms with Gasteiger partial charge < -0.3 is 10.5 Å². The molecular weight excluding hydrogens is 326 g/mol. The number of halogens is 3. The number of nitrogens with two attached hydrogens (primary N) is 1. The molecule has 3 N–H and O–H groups in total. The van der Waals surface area contributed by atoms with Gasteiger partial charge in [-0.3, -0.25) is 5.32 Å². The fourth-order valence-electron chi connectivity index (χ4n) is 2.44. The van der Waals surface area contributed by atoms with Gasteiger partial charge in [0.15, 0.2) is 5.82 Å². The molecule has 1 fully saturated rings. The van der Waals surface area contributed by atoms with Crippen molar-refractivity contribution in [2.24, 2.45) is 0 Å². The second-order valence-corrected chi connectivity index (χ2v) is 5.75. The Bertz CT molecular complexity index is 684. The van der Waals surface area contributed by atoms with Crippen molar-refractivity contribution in [3.05, 3.63) is 41.2 Å². The Kier molecular flexibility index (Phi) is 4.70. The van der Waals surface area contributed by atoms with Gasteiger partial charge in [0.2, 0.25) is 0 Å². The van der Waals surface area contributed by atoms with E-state index in [1.165, 1.54) is 12.4 Å². The van der Waals surface area contributed by atoms with Gasteiger partial charge in [-0.25, -0.2) is 18.7 Å². The quantitative estimate of drug-likeness (QED) is 0.898. The van der Waals surface area contributed by atoms with Gasteiger partial charge in [-0.05, 0) is 23.8 Å². The molecule has 1 aromatic heterocycles. The topological polar surface area (TPSA) is 73.1 Å². The van der Waals surface area contributed by atoms with Crippen LogP contribution in [0.1, 0.15) is 11.6 Å². The SMILES string of the molecule is Nc1cnc(-c2cc(Cl)cc([C@@H]3COC[C@@H](C(F)F)N3)c2)nc1. The number of rotatable bonds is 3. The summed E-state index contributed by atoms with van der Waals surface area (Å²) in [5.74, 6) is 0.463. The van der Waals surface area contributed by atoms with Crippen LogP contribution in [0.3, 0.4) is 0 Å². The molecule has 3 rings (SSSR count). The lowest BCUT2D eigenvalue weighted by Crippen LogP contribution is -2.47. The van der Waals surface area contributed by atoms with Gasteiger partial charge in [-0.15, -0.1) is 0 Å². The van der Waals surface area contributed by atoms with E-state index >= 15 is 0 Å². The highest BCUT2D eigenvalue weighted by atomic mass is 35.5. The molecule has 2 atom stereocenters. The summed E-state index contributed by atoms with van der Waals surface area (Å²) < 4.78 is 31.0. The first-order valence-corrected chi connectivity index (χ1v) is 7.41. The van der Waals surface area contributed by atoms with E-state index in [0.29, 0.717) is 28.7 Å². The van der Waals surface area contributed by atoms with Crippen molar-refractivity contribution in [3.63, 3.8) is 0 Å². The number of hydrogen-bond acceptors (Lipinski definition) is 5. The number of anilines is 1. The molecule has 5 nitrogen and oxygen atoms in total. The van der Waals surface area contributed by atoms with Crippen molar-refractivity contribution in [1.82, 2.24) is 15.3 Å². The third kappa shape index (κ3) is 3.74. The number of nitrogens with one attached hydrogen (secondary N) is 1. The number of nitrogens with zero attached hydrogens (tertiary/aromatic N) is 2. The lowest BCUT2D eigenvalue weighted by molar-refractivity contribution is -0.0176. The third-order valence-corrected chi connectivity index (χ3v) is 3.77. The molecule has 23 heavy (non-hydrogen) atoms. The van der Waals surface area contributed by atoms with Crippen LogP contribution in [0.4, 0.5) is 14.5 Å².